The van der Waals surface area contributed by atoms with Gasteiger partial charge in [-0.1, -0.05) is 12.1 Å². The van der Waals surface area contributed by atoms with Crippen molar-refractivity contribution < 1.29 is 32.5 Å². The Morgan fingerprint density at radius 1 is 1.06 bits per heavy atom. The summed E-state index contributed by atoms with van der Waals surface area (Å²) in [7, 11) is 0. The Bertz CT molecular complexity index is 1350. The molecule has 2 N–H and O–H groups in total. The second-order valence-electron chi connectivity index (χ2n) is 7.89. The highest BCUT2D eigenvalue weighted by molar-refractivity contribution is 6.00. The standard InChI is InChI=1S/C26H24F3N3O4/c1-2-35-20-5-3-4-17(14-20)24-21-15-23(25(33)34)32(22(21)10-11-31-24)13-12-30-18-6-8-19(9-7-18)36-16-26(27,28)29/h3-11,14-15,30H,2,12-13,16H2,1H3,(H,33,34). The number of halogens is 3. The number of alkyl halides is 3. The molecule has 0 saturated carbocycles. The van der Waals surface area contributed by atoms with E-state index < -0.39 is 18.8 Å². The van der Waals surface area contributed by atoms with E-state index in [9.17, 15) is 23.1 Å². The van der Waals surface area contributed by atoms with Crippen LogP contribution in [-0.4, -0.2) is 46.6 Å². The molecule has 0 radical (unpaired) electrons. The molecular formula is C26H24F3N3O4. The van der Waals surface area contributed by atoms with Crippen molar-refractivity contribution in [3.8, 4) is 22.8 Å². The number of aromatic nitrogens is 2. The minimum atomic E-state index is -4.40. The number of pyridine rings is 1. The van der Waals surface area contributed by atoms with Gasteiger partial charge in [-0.25, -0.2) is 4.79 Å². The third kappa shape index (κ3) is 5.88. The summed E-state index contributed by atoms with van der Waals surface area (Å²) in [6, 6.07) is 16.9. The molecule has 0 fully saturated rings. The van der Waals surface area contributed by atoms with Crippen LogP contribution >= 0.6 is 0 Å². The van der Waals surface area contributed by atoms with Gasteiger partial charge in [0.05, 0.1) is 17.8 Å². The lowest BCUT2D eigenvalue weighted by Gasteiger charge is -2.12. The number of nitrogens with zero attached hydrogens (tertiary/aromatic N) is 2. The highest BCUT2D eigenvalue weighted by Crippen LogP contribution is 2.31. The summed E-state index contributed by atoms with van der Waals surface area (Å²) in [5.74, 6) is -0.257. The molecule has 7 nitrogen and oxygen atoms in total. The van der Waals surface area contributed by atoms with E-state index in [1.54, 1.807) is 35.0 Å². The summed E-state index contributed by atoms with van der Waals surface area (Å²) in [6.07, 6.45) is -2.76. The molecule has 2 heterocycles. The Labute approximate surface area is 205 Å². The SMILES string of the molecule is CCOc1cccc(-c2nccc3c2cc(C(=O)O)n3CCNc2ccc(OCC(F)(F)F)cc2)c1. The maximum absolute atomic E-state index is 12.3. The first-order valence-corrected chi connectivity index (χ1v) is 11.2. The zero-order chi connectivity index (χ0) is 25.7. The second-order valence-corrected chi connectivity index (χ2v) is 7.89. The van der Waals surface area contributed by atoms with E-state index in [0.717, 1.165) is 11.1 Å². The van der Waals surface area contributed by atoms with Crippen molar-refractivity contribution in [1.29, 1.82) is 0 Å². The highest BCUT2D eigenvalue weighted by Gasteiger charge is 2.28. The zero-order valence-corrected chi connectivity index (χ0v) is 19.4. The molecule has 36 heavy (non-hydrogen) atoms. The lowest BCUT2D eigenvalue weighted by atomic mass is 10.1. The number of nitrogens with one attached hydrogen (secondary N) is 1. The van der Waals surface area contributed by atoms with Crippen LogP contribution in [0, 0.1) is 0 Å². The van der Waals surface area contributed by atoms with E-state index in [1.165, 1.54) is 12.1 Å². The summed E-state index contributed by atoms with van der Waals surface area (Å²) in [6.45, 7) is 1.78. The average Bonchev–Trinajstić information content (AvgIpc) is 3.23. The van der Waals surface area contributed by atoms with Crippen LogP contribution < -0.4 is 14.8 Å². The van der Waals surface area contributed by atoms with E-state index in [0.29, 0.717) is 42.2 Å². The van der Waals surface area contributed by atoms with Crippen molar-refractivity contribution in [3.05, 3.63) is 72.6 Å². The molecule has 0 unspecified atom stereocenters. The summed E-state index contributed by atoms with van der Waals surface area (Å²) in [5.41, 5.74) is 2.97. The number of carboxylic acids is 1. The van der Waals surface area contributed by atoms with Crippen LogP contribution in [0.1, 0.15) is 17.4 Å². The molecule has 10 heteroatoms. The van der Waals surface area contributed by atoms with Crippen LogP contribution in [-0.2, 0) is 6.54 Å². The predicted octanol–water partition coefficient (Wildman–Crippen LogP) is 5.85. The monoisotopic (exact) mass is 499 g/mol. The molecule has 0 atom stereocenters. The van der Waals surface area contributed by atoms with Crippen LogP contribution in [0.4, 0.5) is 18.9 Å². The fourth-order valence-electron chi connectivity index (χ4n) is 3.88. The van der Waals surface area contributed by atoms with E-state index in [2.05, 4.69) is 10.3 Å². The number of fused-ring (bicyclic) bond motifs is 1. The molecule has 2 aromatic heterocycles. The van der Waals surface area contributed by atoms with Crippen molar-refractivity contribution >= 4 is 22.6 Å². The normalized spacial score (nSPS) is 11.4. The van der Waals surface area contributed by atoms with Gasteiger partial charge in [-0.3, -0.25) is 4.98 Å². The number of carbonyl (C=O) groups is 1. The number of hydrogen-bond donors (Lipinski definition) is 2. The largest absolute Gasteiger partial charge is 0.494 e. The van der Waals surface area contributed by atoms with Gasteiger partial charge < -0.3 is 24.5 Å². The van der Waals surface area contributed by atoms with Crippen LogP contribution in [0.3, 0.4) is 0 Å². The molecule has 0 saturated heterocycles. The van der Waals surface area contributed by atoms with Crippen molar-refractivity contribution in [2.45, 2.75) is 19.6 Å². The molecule has 4 rings (SSSR count). The molecule has 0 spiro atoms. The summed E-state index contributed by atoms with van der Waals surface area (Å²) in [5, 5.41) is 13.7. The van der Waals surface area contributed by atoms with Crippen LogP contribution in [0.5, 0.6) is 11.5 Å². The van der Waals surface area contributed by atoms with E-state index in [1.807, 2.05) is 31.2 Å². The Hall–Kier alpha value is -4.21. The fourth-order valence-corrected chi connectivity index (χ4v) is 3.88. The Kier molecular flexibility index (Phi) is 7.33. The van der Waals surface area contributed by atoms with Gasteiger partial charge in [-0.15, -0.1) is 0 Å². The smallest absolute Gasteiger partial charge is 0.422 e. The number of hydrogen-bond acceptors (Lipinski definition) is 5. The lowest BCUT2D eigenvalue weighted by Crippen LogP contribution is -2.19. The molecule has 2 aromatic carbocycles. The predicted molar refractivity (Wildman–Crippen MR) is 130 cm³/mol. The van der Waals surface area contributed by atoms with Gasteiger partial charge in [-0.2, -0.15) is 13.2 Å². The number of carboxylic acid groups (broad SMARTS) is 1. The molecule has 0 amide bonds. The average molecular weight is 499 g/mol. The number of aromatic carboxylic acids is 1. The topological polar surface area (TPSA) is 85.6 Å². The van der Waals surface area contributed by atoms with Crippen molar-refractivity contribution in [2.75, 3.05) is 25.1 Å². The zero-order valence-electron chi connectivity index (χ0n) is 19.4. The van der Waals surface area contributed by atoms with Gasteiger partial charge in [0.2, 0.25) is 0 Å². The lowest BCUT2D eigenvalue weighted by molar-refractivity contribution is -0.153. The Balaban J connectivity index is 1.53. The molecular weight excluding hydrogens is 475 g/mol. The van der Waals surface area contributed by atoms with Crippen molar-refractivity contribution in [2.24, 2.45) is 0 Å². The van der Waals surface area contributed by atoms with Gasteiger partial charge in [0, 0.05) is 35.9 Å². The number of benzene rings is 2. The van der Waals surface area contributed by atoms with Gasteiger partial charge in [0.1, 0.15) is 17.2 Å². The Morgan fingerprint density at radius 3 is 2.53 bits per heavy atom. The molecule has 188 valence electrons. The minimum Gasteiger partial charge on any atom is -0.494 e. The number of anilines is 1. The third-order valence-corrected chi connectivity index (χ3v) is 5.39. The van der Waals surface area contributed by atoms with Gasteiger partial charge >= 0.3 is 12.1 Å². The number of rotatable bonds is 10. The van der Waals surface area contributed by atoms with Crippen molar-refractivity contribution in [1.82, 2.24) is 9.55 Å². The molecule has 0 aliphatic carbocycles. The Morgan fingerprint density at radius 2 is 1.83 bits per heavy atom. The summed E-state index contributed by atoms with van der Waals surface area (Å²) in [4.78, 5) is 16.5. The van der Waals surface area contributed by atoms with Crippen molar-refractivity contribution in [3.63, 3.8) is 0 Å². The molecule has 0 aliphatic rings. The molecule has 0 aliphatic heterocycles. The first-order chi connectivity index (χ1) is 17.2. The van der Waals surface area contributed by atoms with Gasteiger partial charge in [0.25, 0.3) is 0 Å². The summed E-state index contributed by atoms with van der Waals surface area (Å²) >= 11 is 0. The van der Waals surface area contributed by atoms with Crippen LogP contribution in [0.25, 0.3) is 22.2 Å². The summed E-state index contributed by atoms with van der Waals surface area (Å²) < 4.78 is 48.9. The van der Waals surface area contributed by atoms with Crippen LogP contribution in [0.15, 0.2) is 66.9 Å². The first kappa shape index (κ1) is 24.9. The quantitative estimate of drug-likeness (QED) is 0.285. The van der Waals surface area contributed by atoms with Gasteiger partial charge in [0.15, 0.2) is 6.61 Å². The second kappa shape index (κ2) is 10.6. The third-order valence-electron chi connectivity index (χ3n) is 5.39. The maximum Gasteiger partial charge on any atom is 0.422 e. The molecule has 4 aromatic rings. The maximum atomic E-state index is 12.3. The van der Waals surface area contributed by atoms with E-state index >= 15 is 0 Å². The van der Waals surface area contributed by atoms with E-state index in [-0.39, 0.29) is 11.4 Å². The minimum absolute atomic E-state index is 0.107. The van der Waals surface area contributed by atoms with Gasteiger partial charge in [-0.05, 0) is 55.5 Å². The highest BCUT2D eigenvalue weighted by atomic mass is 19.4. The number of ether oxygens (including phenoxy) is 2. The fraction of sp³-hybridized carbons (Fsp3) is 0.231. The van der Waals surface area contributed by atoms with E-state index in [4.69, 9.17) is 9.47 Å². The molecule has 0 bridgehead atoms. The van der Waals surface area contributed by atoms with Crippen LogP contribution in [0.2, 0.25) is 0 Å². The first-order valence-electron chi connectivity index (χ1n) is 11.2.